The molecule has 0 bridgehead atoms. The summed E-state index contributed by atoms with van der Waals surface area (Å²) in [5.74, 6) is -1.41. The minimum atomic E-state index is -1.03. The minimum Gasteiger partial charge on any atom is -0.480 e. The van der Waals surface area contributed by atoms with E-state index in [0.29, 0.717) is 25.0 Å². The molecule has 1 aromatic carbocycles. The topological polar surface area (TPSA) is 75.6 Å². The smallest absolute Gasteiger partial charge is 0.326 e. The fraction of sp³-hybridized carbons (Fsp3) is 0.385. The van der Waals surface area contributed by atoms with Gasteiger partial charge in [0.2, 0.25) is 0 Å². The van der Waals surface area contributed by atoms with Crippen LogP contribution in [0.1, 0.15) is 23.2 Å². The predicted molar refractivity (Wildman–Crippen MR) is 79.2 cm³/mol. The highest BCUT2D eigenvalue weighted by Gasteiger charge is 2.20. The summed E-state index contributed by atoms with van der Waals surface area (Å²) in [6.45, 7) is 0.475. The maximum atomic E-state index is 11.9. The number of nitrogens with one attached hydrogen (secondary N) is 1. The van der Waals surface area contributed by atoms with Crippen molar-refractivity contribution in [3.8, 4) is 0 Å². The van der Waals surface area contributed by atoms with Gasteiger partial charge in [0.1, 0.15) is 6.04 Å². The van der Waals surface area contributed by atoms with Crippen LogP contribution in [0.2, 0.25) is 0 Å². The van der Waals surface area contributed by atoms with Crippen LogP contribution in [0.3, 0.4) is 0 Å². The zero-order valence-electron chi connectivity index (χ0n) is 10.6. The predicted octanol–water partition coefficient (Wildman–Crippen LogP) is 1.90. The van der Waals surface area contributed by atoms with Gasteiger partial charge < -0.3 is 15.2 Å². The lowest BCUT2D eigenvalue weighted by Gasteiger charge is -2.14. The summed E-state index contributed by atoms with van der Waals surface area (Å²) in [7, 11) is 1.56. The summed E-state index contributed by atoms with van der Waals surface area (Å²) in [5.41, 5.74) is 0.457. The third-order valence-electron chi connectivity index (χ3n) is 2.55. The molecule has 0 aliphatic heterocycles. The third kappa shape index (κ3) is 5.56. The van der Waals surface area contributed by atoms with Gasteiger partial charge in [0.05, 0.1) is 0 Å². The van der Waals surface area contributed by atoms with E-state index in [1.165, 1.54) is 0 Å². The second kappa shape index (κ2) is 8.11. The molecule has 0 aliphatic carbocycles. The number of carbonyl (C=O) groups excluding carboxylic acids is 1. The summed E-state index contributed by atoms with van der Waals surface area (Å²) in [6, 6.07) is 6.06. The number of carbonyl (C=O) groups is 2. The van der Waals surface area contributed by atoms with E-state index >= 15 is 0 Å². The Morgan fingerprint density at radius 3 is 2.53 bits per heavy atom. The largest absolute Gasteiger partial charge is 0.480 e. The second-order valence-electron chi connectivity index (χ2n) is 4.01. The first-order chi connectivity index (χ1) is 9.04. The molecule has 0 aromatic heterocycles. The molecule has 2 N–H and O–H groups in total. The van der Waals surface area contributed by atoms with E-state index in [2.05, 4.69) is 27.9 Å². The Bertz CT molecular complexity index is 433. The van der Waals surface area contributed by atoms with Gasteiger partial charge in [-0.2, -0.15) is 0 Å². The Kier molecular flexibility index (Phi) is 6.79. The summed E-state index contributed by atoms with van der Waals surface area (Å²) >= 11 is 2.14. The van der Waals surface area contributed by atoms with E-state index in [1.54, 1.807) is 31.4 Å². The average molecular weight is 377 g/mol. The van der Waals surface area contributed by atoms with Gasteiger partial charge >= 0.3 is 5.97 Å². The number of aliphatic carboxylic acids is 1. The number of amides is 1. The Morgan fingerprint density at radius 1 is 1.37 bits per heavy atom. The number of benzene rings is 1. The highest BCUT2D eigenvalue weighted by atomic mass is 127. The first kappa shape index (κ1) is 15.9. The molecule has 0 saturated heterocycles. The maximum Gasteiger partial charge on any atom is 0.326 e. The monoisotopic (exact) mass is 377 g/mol. The summed E-state index contributed by atoms with van der Waals surface area (Å²) < 4.78 is 5.89. The molecule has 0 aliphatic rings. The highest BCUT2D eigenvalue weighted by Crippen LogP contribution is 2.07. The molecule has 0 spiro atoms. The lowest BCUT2D eigenvalue weighted by molar-refractivity contribution is -0.139. The van der Waals surface area contributed by atoms with Crippen LogP contribution in [0.4, 0.5) is 0 Å². The van der Waals surface area contributed by atoms with Crippen LogP contribution in [0.25, 0.3) is 0 Å². The molecular formula is C13H16INO4. The van der Waals surface area contributed by atoms with Gasteiger partial charge in [0, 0.05) is 22.9 Å². The molecule has 19 heavy (non-hydrogen) atoms. The van der Waals surface area contributed by atoms with Crippen molar-refractivity contribution in [1.82, 2.24) is 5.32 Å². The summed E-state index contributed by atoms with van der Waals surface area (Å²) in [5, 5.41) is 11.6. The van der Waals surface area contributed by atoms with Crippen LogP contribution in [0.5, 0.6) is 0 Å². The molecule has 1 atom stereocenters. The Hall–Kier alpha value is -1.15. The van der Waals surface area contributed by atoms with E-state index in [4.69, 9.17) is 9.84 Å². The number of methoxy groups -OCH3 is 1. The van der Waals surface area contributed by atoms with E-state index in [-0.39, 0.29) is 5.91 Å². The summed E-state index contributed by atoms with van der Waals surface area (Å²) in [6.07, 6.45) is 0.930. The van der Waals surface area contributed by atoms with Crippen molar-refractivity contribution in [1.29, 1.82) is 0 Å². The zero-order chi connectivity index (χ0) is 14.3. The van der Waals surface area contributed by atoms with Crippen LogP contribution in [-0.2, 0) is 9.53 Å². The number of carboxylic acid groups (broad SMARTS) is 1. The molecule has 5 nitrogen and oxygen atoms in total. The Balaban J connectivity index is 2.60. The van der Waals surface area contributed by atoms with Crippen molar-refractivity contribution in [2.75, 3.05) is 13.7 Å². The van der Waals surface area contributed by atoms with E-state index in [1.807, 2.05) is 0 Å². The van der Waals surface area contributed by atoms with Crippen LogP contribution < -0.4 is 5.32 Å². The Labute approximate surface area is 125 Å². The van der Waals surface area contributed by atoms with Crippen molar-refractivity contribution in [3.05, 3.63) is 33.4 Å². The second-order valence-corrected chi connectivity index (χ2v) is 5.25. The van der Waals surface area contributed by atoms with Crippen molar-refractivity contribution in [3.63, 3.8) is 0 Å². The van der Waals surface area contributed by atoms with Gasteiger partial charge in [-0.05, 0) is 59.7 Å². The zero-order valence-corrected chi connectivity index (χ0v) is 12.7. The van der Waals surface area contributed by atoms with Crippen LogP contribution in [-0.4, -0.2) is 36.7 Å². The fourth-order valence-corrected chi connectivity index (χ4v) is 1.89. The van der Waals surface area contributed by atoms with Gasteiger partial charge in [-0.3, -0.25) is 4.79 Å². The van der Waals surface area contributed by atoms with Gasteiger partial charge in [-0.25, -0.2) is 4.79 Å². The van der Waals surface area contributed by atoms with Crippen molar-refractivity contribution >= 4 is 34.5 Å². The molecule has 6 heteroatoms. The van der Waals surface area contributed by atoms with Crippen LogP contribution in [0.15, 0.2) is 24.3 Å². The number of rotatable bonds is 7. The first-order valence-corrected chi connectivity index (χ1v) is 6.90. The first-order valence-electron chi connectivity index (χ1n) is 5.82. The minimum absolute atomic E-state index is 0.347. The molecule has 1 rings (SSSR count). The quantitative estimate of drug-likeness (QED) is 0.562. The van der Waals surface area contributed by atoms with Gasteiger partial charge in [-0.15, -0.1) is 0 Å². The van der Waals surface area contributed by atoms with Crippen LogP contribution >= 0.6 is 22.6 Å². The Morgan fingerprint density at radius 2 is 2.00 bits per heavy atom. The molecular weight excluding hydrogens is 361 g/mol. The molecule has 0 heterocycles. The van der Waals surface area contributed by atoms with E-state index < -0.39 is 12.0 Å². The molecule has 0 fully saturated rings. The van der Waals surface area contributed by atoms with Gasteiger partial charge in [-0.1, -0.05) is 0 Å². The van der Waals surface area contributed by atoms with E-state index in [9.17, 15) is 9.59 Å². The highest BCUT2D eigenvalue weighted by molar-refractivity contribution is 14.1. The molecule has 1 unspecified atom stereocenters. The standard InChI is InChI=1S/C13H16INO4/c1-19-8-2-3-11(13(17)18)15-12(16)9-4-6-10(14)7-5-9/h4-7,11H,2-3,8H2,1H3,(H,15,16)(H,17,18). The molecule has 1 amide bonds. The normalized spacial score (nSPS) is 11.9. The van der Waals surface area contributed by atoms with Crippen molar-refractivity contribution in [2.24, 2.45) is 0 Å². The number of halogens is 1. The van der Waals surface area contributed by atoms with E-state index in [0.717, 1.165) is 3.57 Å². The fourth-order valence-electron chi connectivity index (χ4n) is 1.53. The molecule has 0 saturated carbocycles. The lowest BCUT2D eigenvalue weighted by Crippen LogP contribution is -2.40. The summed E-state index contributed by atoms with van der Waals surface area (Å²) in [4.78, 5) is 23.0. The third-order valence-corrected chi connectivity index (χ3v) is 3.27. The SMILES string of the molecule is COCCCC(NC(=O)c1ccc(I)cc1)C(=O)O. The van der Waals surface area contributed by atoms with Crippen molar-refractivity contribution < 1.29 is 19.4 Å². The number of hydrogen-bond acceptors (Lipinski definition) is 3. The molecule has 0 radical (unpaired) electrons. The van der Waals surface area contributed by atoms with Gasteiger partial charge in [0.25, 0.3) is 5.91 Å². The van der Waals surface area contributed by atoms with Crippen molar-refractivity contribution in [2.45, 2.75) is 18.9 Å². The average Bonchev–Trinajstić information content (AvgIpc) is 2.38. The number of carboxylic acids is 1. The number of ether oxygens (including phenoxy) is 1. The maximum absolute atomic E-state index is 11.9. The van der Waals surface area contributed by atoms with Crippen LogP contribution in [0, 0.1) is 3.57 Å². The number of hydrogen-bond donors (Lipinski definition) is 2. The van der Waals surface area contributed by atoms with Gasteiger partial charge in [0.15, 0.2) is 0 Å². The lowest BCUT2D eigenvalue weighted by atomic mass is 10.1. The molecule has 104 valence electrons. The molecule has 1 aromatic rings.